The van der Waals surface area contributed by atoms with Gasteiger partial charge in [-0.05, 0) is 74.1 Å². The number of carbonyl (C=O) groups is 1. The molecule has 1 atom stereocenters. The molecule has 0 saturated heterocycles. The Morgan fingerprint density at radius 1 is 0.950 bits per heavy atom. The molecule has 1 aromatic heterocycles. The van der Waals surface area contributed by atoms with Gasteiger partial charge in [0.25, 0.3) is 10.0 Å². The van der Waals surface area contributed by atoms with Crippen LogP contribution in [-0.4, -0.2) is 31.6 Å². The van der Waals surface area contributed by atoms with Crippen molar-refractivity contribution in [2.75, 3.05) is 6.61 Å². The molecule has 2 aromatic carbocycles. The number of unbranched alkanes of at least 4 members (excludes halogenated alkanes) is 2. The highest BCUT2D eigenvalue weighted by atomic mass is 32.2. The maximum Gasteiger partial charge on any atom is 0.344 e. The lowest BCUT2D eigenvalue weighted by atomic mass is 9.98. The van der Waals surface area contributed by atoms with Gasteiger partial charge in [0.1, 0.15) is 11.4 Å². The predicted molar refractivity (Wildman–Crippen MR) is 159 cm³/mol. The normalized spacial score (nSPS) is 12.8. The number of pyridine rings is 1. The Labute approximate surface area is 239 Å². The molecule has 3 rings (SSSR count). The van der Waals surface area contributed by atoms with Crippen molar-refractivity contribution in [3.63, 3.8) is 0 Å². The number of rotatable bonds is 13. The van der Waals surface area contributed by atoms with E-state index in [2.05, 4.69) is 42.6 Å². The predicted octanol–water partition coefficient (Wildman–Crippen LogP) is 7.19. The number of hydrogen-bond donors (Lipinski definition) is 1. The monoisotopic (exact) mass is 566 g/mol. The third-order valence-electron chi connectivity index (χ3n) is 6.33. The molecule has 40 heavy (non-hydrogen) atoms. The standard InChI is InChI=1S/C32H42N2O5S/c1-7-8-9-16-29(26-14-11-15-28(20-26)38-22-31(35)39-32(4,5)6)34-40(36,37)30-18-17-27(21-33-30)25-13-10-12-24(19-25)23(2)3/h10-15,17-21,23,29,34H,7-9,16,22H2,1-6H3. The van der Waals surface area contributed by atoms with Gasteiger partial charge in [-0.25, -0.2) is 22.9 Å². The maximum atomic E-state index is 13.4. The van der Waals surface area contributed by atoms with Crippen molar-refractivity contribution in [3.05, 3.63) is 78.0 Å². The summed E-state index contributed by atoms with van der Waals surface area (Å²) in [7, 11) is -3.90. The minimum atomic E-state index is -3.90. The summed E-state index contributed by atoms with van der Waals surface area (Å²) < 4.78 is 40.6. The number of ether oxygens (including phenoxy) is 2. The highest BCUT2D eigenvalue weighted by Gasteiger charge is 2.23. The molecule has 0 bridgehead atoms. The molecule has 1 unspecified atom stereocenters. The van der Waals surface area contributed by atoms with Crippen molar-refractivity contribution < 1.29 is 22.7 Å². The minimum Gasteiger partial charge on any atom is -0.482 e. The highest BCUT2D eigenvalue weighted by Crippen LogP contribution is 2.27. The fourth-order valence-corrected chi connectivity index (χ4v) is 5.45. The van der Waals surface area contributed by atoms with Gasteiger partial charge < -0.3 is 9.47 Å². The van der Waals surface area contributed by atoms with Crippen LogP contribution in [0.5, 0.6) is 5.75 Å². The topological polar surface area (TPSA) is 94.6 Å². The summed E-state index contributed by atoms with van der Waals surface area (Å²) in [5, 5.41) is -0.0333. The number of carbonyl (C=O) groups excluding carboxylic acids is 1. The first-order valence-electron chi connectivity index (χ1n) is 13.9. The van der Waals surface area contributed by atoms with Crippen LogP contribution < -0.4 is 9.46 Å². The first kappa shape index (κ1) is 31.3. The van der Waals surface area contributed by atoms with E-state index in [-0.39, 0.29) is 11.6 Å². The molecule has 1 heterocycles. The molecule has 7 nitrogen and oxygen atoms in total. The van der Waals surface area contributed by atoms with E-state index in [4.69, 9.17) is 9.47 Å². The number of nitrogens with one attached hydrogen (secondary N) is 1. The Kier molecular flexibility index (Phi) is 10.9. The summed E-state index contributed by atoms with van der Waals surface area (Å²) in [5.74, 6) is 0.389. The van der Waals surface area contributed by atoms with E-state index in [9.17, 15) is 13.2 Å². The van der Waals surface area contributed by atoms with Crippen LogP contribution in [0.15, 0.2) is 71.9 Å². The molecule has 0 aliphatic rings. The average molecular weight is 567 g/mol. The number of benzene rings is 2. The molecule has 0 radical (unpaired) electrons. The molecular weight excluding hydrogens is 524 g/mol. The van der Waals surface area contributed by atoms with Crippen LogP contribution in [0.3, 0.4) is 0 Å². The van der Waals surface area contributed by atoms with Gasteiger partial charge >= 0.3 is 5.97 Å². The minimum absolute atomic E-state index is 0.0333. The lowest BCUT2D eigenvalue weighted by molar-refractivity contribution is -0.157. The van der Waals surface area contributed by atoms with Crippen LogP contribution in [-0.2, 0) is 19.6 Å². The van der Waals surface area contributed by atoms with Crippen molar-refractivity contribution in [1.29, 1.82) is 0 Å². The summed E-state index contributed by atoms with van der Waals surface area (Å²) in [6.07, 6.45) is 5.06. The second-order valence-electron chi connectivity index (χ2n) is 11.3. The van der Waals surface area contributed by atoms with E-state index in [1.54, 1.807) is 57.3 Å². The summed E-state index contributed by atoms with van der Waals surface area (Å²) >= 11 is 0. The van der Waals surface area contributed by atoms with Crippen molar-refractivity contribution in [3.8, 4) is 16.9 Å². The molecule has 0 amide bonds. The van der Waals surface area contributed by atoms with Crippen molar-refractivity contribution in [1.82, 2.24) is 9.71 Å². The number of aromatic nitrogens is 1. The third kappa shape index (κ3) is 9.45. The summed E-state index contributed by atoms with van der Waals surface area (Å²) in [5.41, 5.74) is 3.22. The molecule has 1 N–H and O–H groups in total. The highest BCUT2D eigenvalue weighted by molar-refractivity contribution is 7.89. The Hall–Kier alpha value is -3.23. The molecule has 0 fully saturated rings. The zero-order chi connectivity index (χ0) is 29.3. The van der Waals surface area contributed by atoms with Crippen LogP contribution in [0.1, 0.15) is 90.3 Å². The molecule has 0 spiro atoms. The van der Waals surface area contributed by atoms with E-state index < -0.39 is 27.6 Å². The quantitative estimate of drug-likeness (QED) is 0.174. The molecule has 8 heteroatoms. The van der Waals surface area contributed by atoms with E-state index in [0.717, 1.165) is 36.0 Å². The molecule has 0 aliphatic carbocycles. The smallest absolute Gasteiger partial charge is 0.344 e. The lowest BCUT2D eigenvalue weighted by Crippen LogP contribution is -2.29. The maximum absolute atomic E-state index is 13.4. The number of esters is 1. The summed E-state index contributed by atoms with van der Waals surface area (Å²) in [6.45, 7) is 11.5. The molecule has 3 aromatic rings. The number of sulfonamides is 1. The number of hydrogen-bond acceptors (Lipinski definition) is 6. The molecule has 0 saturated carbocycles. The van der Waals surface area contributed by atoms with Gasteiger partial charge in [-0.2, -0.15) is 0 Å². The Morgan fingerprint density at radius 3 is 2.33 bits per heavy atom. The lowest BCUT2D eigenvalue weighted by Gasteiger charge is -2.21. The van der Waals surface area contributed by atoms with Crippen molar-refractivity contribution >= 4 is 16.0 Å². The van der Waals surface area contributed by atoms with Gasteiger partial charge in [0.05, 0.1) is 0 Å². The van der Waals surface area contributed by atoms with Gasteiger partial charge in [-0.15, -0.1) is 0 Å². The van der Waals surface area contributed by atoms with E-state index in [1.165, 1.54) is 5.56 Å². The van der Waals surface area contributed by atoms with Crippen molar-refractivity contribution in [2.24, 2.45) is 0 Å². The molecular formula is C32H42N2O5S. The Morgan fingerprint density at radius 2 is 1.68 bits per heavy atom. The molecule has 216 valence electrons. The first-order chi connectivity index (χ1) is 18.9. The largest absolute Gasteiger partial charge is 0.482 e. The Bertz CT molecular complexity index is 1360. The average Bonchev–Trinajstić information content (AvgIpc) is 2.91. The SMILES string of the molecule is CCCCCC(NS(=O)(=O)c1ccc(-c2cccc(C(C)C)c2)cn1)c1cccc(OCC(=O)OC(C)(C)C)c1. The van der Waals surface area contributed by atoms with Gasteiger partial charge in [-0.1, -0.05) is 76.4 Å². The Balaban J connectivity index is 1.78. The fourth-order valence-electron chi connectivity index (χ4n) is 4.26. The van der Waals surface area contributed by atoms with Crippen LogP contribution in [0, 0.1) is 0 Å². The van der Waals surface area contributed by atoms with E-state index >= 15 is 0 Å². The second-order valence-corrected chi connectivity index (χ2v) is 12.9. The van der Waals surface area contributed by atoms with Crippen LogP contribution in [0.25, 0.3) is 11.1 Å². The summed E-state index contributed by atoms with van der Waals surface area (Å²) in [4.78, 5) is 16.4. The van der Waals surface area contributed by atoms with Crippen LogP contribution >= 0.6 is 0 Å². The fraction of sp³-hybridized carbons (Fsp3) is 0.438. The van der Waals surface area contributed by atoms with E-state index in [1.807, 2.05) is 18.2 Å². The van der Waals surface area contributed by atoms with Gasteiger partial charge in [0, 0.05) is 17.8 Å². The van der Waals surface area contributed by atoms with Crippen LogP contribution in [0.4, 0.5) is 0 Å². The molecule has 0 aliphatic heterocycles. The zero-order valence-corrected chi connectivity index (χ0v) is 25.3. The van der Waals surface area contributed by atoms with E-state index in [0.29, 0.717) is 18.1 Å². The first-order valence-corrected chi connectivity index (χ1v) is 15.4. The zero-order valence-electron chi connectivity index (χ0n) is 24.4. The third-order valence-corrected chi connectivity index (χ3v) is 7.72. The van der Waals surface area contributed by atoms with Crippen molar-refractivity contribution in [2.45, 2.75) is 89.8 Å². The van der Waals surface area contributed by atoms with Gasteiger partial charge in [-0.3, -0.25) is 0 Å². The number of nitrogens with zero attached hydrogens (tertiary/aromatic N) is 1. The second kappa shape index (κ2) is 13.9. The van der Waals surface area contributed by atoms with Gasteiger partial charge in [0.15, 0.2) is 11.6 Å². The summed E-state index contributed by atoms with van der Waals surface area (Å²) in [6, 6.07) is 18.2. The van der Waals surface area contributed by atoms with Gasteiger partial charge in [0.2, 0.25) is 0 Å². The van der Waals surface area contributed by atoms with Crippen LogP contribution in [0.2, 0.25) is 0 Å².